The SMILES string of the molecule is CCC(C)C(Nc1ncc(-c2ccccc2)n1C)c1ccccc1. The Morgan fingerprint density at radius 2 is 1.62 bits per heavy atom. The molecule has 3 rings (SSSR count). The molecule has 2 aromatic carbocycles. The molecule has 0 spiro atoms. The van der Waals surface area contributed by atoms with E-state index in [1.807, 2.05) is 12.3 Å². The smallest absolute Gasteiger partial charge is 0.203 e. The molecule has 2 unspecified atom stereocenters. The maximum atomic E-state index is 4.63. The lowest BCUT2D eigenvalue weighted by Crippen LogP contribution is -2.20. The fraction of sp³-hybridized carbons (Fsp3) is 0.286. The van der Waals surface area contributed by atoms with E-state index < -0.39 is 0 Å². The van der Waals surface area contributed by atoms with Crippen molar-refractivity contribution in [3.63, 3.8) is 0 Å². The third-order valence-corrected chi connectivity index (χ3v) is 4.71. The molecule has 3 aromatic rings. The molecule has 0 saturated carbocycles. The first-order valence-corrected chi connectivity index (χ1v) is 8.59. The van der Waals surface area contributed by atoms with Crippen LogP contribution in [-0.4, -0.2) is 9.55 Å². The molecular formula is C21H25N3. The second kappa shape index (κ2) is 7.35. The Labute approximate surface area is 144 Å². The van der Waals surface area contributed by atoms with Crippen LogP contribution in [0.15, 0.2) is 66.9 Å². The third kappa shape index (κ3) is 3.35. The van der Waals surface area contributed by atoms with Crippen molar-refractivity contribution in [3.05, 3.63) is 72.4 Å². The molecule has 3 nitrogen and oxygen atoms in total. The molecule has 124 valence electrons. The van der Waals surface area contributed by atoms with Crippen LogP contribution in [0, 0.1) is 5.92 Å². The van der Waals surface area contributed by atoms with Gasteiger partial charge in [0, 0.05) is 7.05 Å². The van der Waals surface area contributed by atoms with E-state index in [1.54, 1.807) is 0 Å². The zero-order valence-electron chi connectivity index (χ0n) is 14.6. The van der Waals surface area contributed by atoms with Gasteiger partial charge in [-0.3, -0.25) is 0 Å². The Morgan fingerprint density at radius 1 is 1.00 bits per heavy atom. The van der Waals surface area contributed by atoms with E-state index in [1.165, 1.54) is 11.1 Å². The summed E-state index contributed by atoms with van der Waals surface area (Å²) in [5.41, 5.74) is 3.60. The van der Waals surface area contributed by atoms with E-state index in [9.17, 15) is 0 Å². The number of rotatable bonds is 6. The van der Waals surface area contributed by atoms with Gasteiger partial charge >= 0.3 is 0 Å². The maximum absolute atomic E-state index is 4.63. The molecule has 0 fully saturated rings. The second-order valence-electron chi connectivity index (χ2n) is 6.31. The van der Waals surface area contributed by atoms with E-state index in [-0.39, 0.29) is 6.04 Å². The average molecular weight is 319 g/mol. The molecule has 1 N–H and O–H groups in total. The van der Waals surface area contributed by atoms with Gasteiger partial charge in [-0.2, -0.15) is 0 Å². The number of nitrogens with zero attached hydrogens (tertiary/aromatic N) is 2. The zero-order chi connectivity index (χ0) is 16.9. The van der Waals surface area contributed by atoms with E-state index in [0.717, 1.165) is 18.1 Å². The van der Waals surface area contributed by atoms with Crippen LogP contribution in [0.3, 0.4) is 0 Å². The van der Waals surface area contributed by atoms with Gasteiger partial charge in [0.05, 0.1) is 17.9 Å². The van der Waals surface area contributed by atoms with Crippen molar-refractivity contribution in [2.75, 3.05) is 5.32 Å². The van der Waals surface area contributed by atoms with Gasteiger partial charge < -0.3 is 9.88 Å². The average Bonchev–Trinajstić information content (AvgIpc) is 3.01. The summed E-state index contributed by atoms with van der Waals surface area (Å²) in [4.78, 5) is 4.63. The normalized spacial score (nSPS) is 13.5. The van der Waals surface area contributed by atoms with E-state index >= 15 is 0 Å². The fourth-order valence-corrected chi connectivity index (χ4v) is 3.01. The molecule has 0 aliphatic rings. The zero-order valence-corrected chi connectivity index (χ0v) is 14.6. The predicted molar refractivity (Wildman–Crippen MR) is 101 cm³/mol. The predicted octanol–water partition coefficient (Wildman–Crippen LogP) is 5.29. The number of hydrogen-bond donors (Lipinski definition) is 1. The Hall–Kier alpha value is -2.55. The van der Waals surface area contributed by atoms with Crippen molar-refractivity contribution < 1.29 is 0 Å². The highest BCUT2D eigenvalue weighted by Gasteiger charge is 2.20. The third-order valence-electron chi connectivity index (χ3n) is 4.71. The fourth-order valence-electron chi connectivity index (χ4n) is 3.01. The topological polar surface area (TPSA) is 29.9 Å². The van der Waals surface area contributed by atoms with Crippen molar-refractivity contribution in [2.24, 2.45) is 13.0 Å². The Balaban J connectivity index is 1.90. The summed E-state index contributed by atoms with van der Waals surface area (Å²) >= 11 is 0. The van der Waals surface area contributed by atoms with Crippen LogP contribution in [0.1, 0.15) is 31.9 Å². The van der Waals surface area contributed by atoms with Crippen LogP contribution in [-0.2, 0) is 7.05 Å². The number of anilines is 1. The molecule has 1 heterocycles. The number of hydrogen-bond acceptors (Lipinski definition) is 2. The second-order valence-corrected chi connectivity index (χ2v) is 6.31. The van der Waals surface area contributed by atoms with Crippen molar-refractivity contribution in [3.8, 4) is 11.3 Å². The van der Waals surface area contributed by atoms with Gasteiger partial charge in [0.2, 0.25) is 5.95 Å². The van der Waals surface area contributed by atoms with Gasteiger partial charge in [0.1, 0.15) is 0 Å². The van der Waals surface area contributed by atoms with Crippen molar-refractivity contribution in [1.82, 2.24) is 9.55 Å². The first-order valence-electron chi connectivity index (χ1n) is 8.59. The highest BCUT2D eigenvalue weighted by atomic mass is 15.2. The summed E-state index contributed by atoms with van der Waals surface area (Å²) in [6, 6.07) is 21.3. The molecule has 24 heavy (non-hydrogen) atoms. The van der Waals surface area contributed by atoms with Crippen LogP contribution >= 0.6 is 0 Å². The summed E-state index contributed by atoms with van der Waals surface area (Å²) in [7, 11) is 2.07. The molecular weight excluding hydrogens is 294 g/mol. The van der Waals surface area contributed by atoms with Crippen molar-refractivity contribution in [1.29, 1.82) is 0 Å². The largest absolute Gasteiger partial charge is 0.349 e. The van der Waals surface area contributed by atoms with Crippen LogP contribution in [0.4, 0.5) is 5.95 Å². The van der Waals surface area contributed by atoms with Crippen LogP contribution in [0.25, 0.3) is 11.3 Å². The number of aromatic nitrogens is 2. The van der Waals surface area contributed by atoms with E-state index in [2.05, 4.69) is 90.4 Å². The summed E-state index contributed by atoms with van der Waals surface area (Å²) < 4.78 is 2.13. The van der Waals surface area contributed by atoms with Gasteiger partial charge in [0.25, 0.3) is 0 Å². The molecule has 0 amide bonds. The van der Waals surface area contributed by atoms with Crippen LogP contribution < -0.4 is 5.32 Å². The maximum Gasteiger partial charge on any atom is 0.203 e. The minimum Gasteiger partial charge on any atom is -0.349 e. The highest BCUT2D eigenvalue weighted by Crippen LogP contribution is 2.29. The molecule has 0 aliphatic carbocycles. The number of benzene rings is 2. The van der Waals surface area contributed by atoms with Gasteiger partial charge in [-0.25, -0.2) is 4.98 Å². The molecule has 0 bridgehead atoms. The molecule has 3 heteroatoms. The molecule has 0 saturated heterocycles. The molecule has 0 radical (unpaired) electrons. The highest BCUT2D eigenvalue weighted by molar-refractivity contribution is 5.61. The summed E-state index contributed by atoms with van der Waals surface area (Å²) in [6.45, 7) is 4.52. The first kappa shape index (κ1) is 16.3. The number of nitrogens with one attached hydrogen (secondary N) is 1. The lowest BCUT2D eigenvalue weighted by Gasteiger charge is -2.25. The Bertz CT molecular complexity index is 762. The summed E-state index contributed by atoms with van der Waals surface area (Å²) in [5.74, 6) is 1.42. The van der Waals surface area contributed by atoms with Gasteiger partial charge in [-0.05, 0) is 17.0 Å². The Morgan fingerprint density at radius 3 is 2.25 bits per heavy atom. The molecule has 1 aromatic heterocycles. The lowest BCUT2D eigenvalue weighted by molar-refractivity contribution is 0.479. The summed E-state index contributed by atoms with van der Waals surface area (Å²) in [5, 5.41) is 3.66. The monoisotopic (exact) mass is 319 g/mol. The first-order chi connectivity index (χ1) is 11.7. The summed E-state index contributed by atoms with van der Waals surface area (Å²) in [6.07, 6.45) is 3.05. The minimum atomic E-state index is 0.251. The van der Waals surface area contributed by atoms with Crippen molar-refractivity contribution >= 4 is 5.95 Å². The van der Waals surface area contributed by atoms with Crippen LogP contribution in [0.2, 0.25) is 0 Å². The van der Waals surface area contributed by atoms with Gasteiger partial charge in [-0.15, -0.1) is 0 Å². The van der Waals surface area contributed by atoms with E-state index in [4.69, 9.17) is 0 Å². The van der Waals surface area contributed by atoms with E-state index in [0.29, 0.717) is 5.92 Å². The minimum absolute atomic E-state index is 0.251. The Kier molecular flexibility index (Phi) is 4.99. The number of imidazole rings is 1. The van der Waals surface area contributed by atoms with Gasteiger partial charge in [-0.1, -0.05) is 80.9 Å². The standard InChI is InChI=1S/C21H25N3/c1-4-16(2)20(18-13-9-6-10-14-18)23-21-22-15-19(24(21)3)17-11-7-5-8-12-17/h5-16,20H,4H2,1-3H3,(H,22,23). The molecule has 0 aliphatic heterocycles. The lowest BCUT2D eigenvalue weighted by atomic mass is 9.92. The van der Waals surface area contributed by atoms with Crippen LogP contribution in [0.5, 0.6) is 0 Å². The van der Waals surface area contributed by atoms with Gasteiger partial charge in [0.15, 0.2) is 0 Å². The van der Waals surface area contributed by atoms with Crippen molar-refractivity contribution in [2.45, 2.75) is 26.3 Å². The molecule has 2 atom stereocenters. The quantitative estimate of drug-likeness (QED) is 0.669.